The van der Waals surface area contributed by atoms with Gasteiger partial charge in [0.1, 0.15) is 0 Å². The fraction of sp³-hybridized carbons (Fsp3) is 0.722. The summed E-state index contributed by atoms with van der Waals surface area (Å²) in [6, 6.07) is 2.10. The van der Waals surface area contributed by atoms with E-state index in [1.54, 1.807) is 0 Å². The Hall–Kier alpha value is -2.05. The van der Waals surface area contributed by atoms with Gasteiger partial charge in [0, 0.05) is 38.4 Å². The number of carbonyl (C=O) groups excluding carboxylic acids is 1. The molecule has 1 saturated heterocycles. The van der Waals surface area contributed by atoms with Gasteiger partial charge in [-0.25, -0.2) is 0 Å². The van der Waals surface area contributed by atoms with Crippen molar-refractivity contribution in [1.82, 2.24) is 20.0 Å². The summed E-state index contributed by atoms with van der Waals surface area (Å²) >= 11 is 0. The second-order valence-corrected chi connectivity index (χ2v) is 6.52. The van der Waals surface area contributed by atoms with E-state index in [1.807, 2.05) is 11.6 Å². The first-order valence-electron chi connectivity index (χ1n) is 9.17. The Kier molecular flexibility index (Phi) is 7.28. The lowest BCUT2D eigenvalue weighted by Gasteiger charge is -2.33. The molecule has 0 spiro atoms. The molecule has 0 unspecified atom stereocenters. The molecule has 140 valence electrons. The fourth-order valence-electron chi connectivity index (χ4n) is 3.23. The third kappa shape index (κ3) is 5.47. The summed E-state index contributed by atoms with van der Waals surface area (Å²) in [7, 11) is 1.46. The predicted octanol–water partition coefficient (Wildman–Crippen LogP) is 1.74. The first-order valence-corrected chi connectivity index (χ1v) is 9.17. The summed E-state index contributed by atoms with van der Waals surface area (Å²) in [5.74, 6) is 0.876. The lowest BCUT2D eigenvalue weighted by molar-refractivity contribution is -0.146. The van der Waals surface area contributed by atoms with E-state index in [0.29, 0.717) is 0 Å². The van der Waals surface area contributed by atoms with Crippen LogP contribution < -0.4 is 5.32 Å². The number of aromatic nitrogens is 2. The van der Waals surface area contributed by atoms with Gasteiger partial charge < -0.3 is 15.0 Å². The van der Waals surface area contributed by atoms with Gasteiger partial charge >= 0.3 is 5.97 Å². The summed E-state index contributed by atoms with van der Waals surface area (Å²) in [4.78, 5) is 18.6. The molecule has 1 aliphatic heterocycles. The normalized spacial score (nSPS) is 16.2. The average molecular weight is 349 g/mol. The van der Waals surface area contributed by atoms with Crippen LogP contribution in [0, 0.1) is 19.8 Å². The molecule has 1 fully saturated rings. The van der Waals surface area contributed by atoms with E-state index in [2.05, 4.69) is 35.2 Å². The van der Waals surface area contributed by atoms with E-state index >= 15 is 0 Å². The van der Waals surface area contributed by atoms with Crippen molar-refractivity contribution in [3.05, 3.63) is 17.5 Å². The molecule has 1 aliphatic rings. The number of methoxy groups -OCH3 is 1. The molecule has 0 aromatic carbocycles. The highest BCUT2D eigenvalue weighted by Gasteiger charge is 2.26. The van der Waals surface area contributed by atoms with Crippen molar-refractivity contribution in [3.8, 4) is 0 Å². The van der Waals surface area contributed by atoms with Gasteiger partial charge in [0.15, 0.2) is 5.96 Å². The van der Waals surface area contributed by atoms with Crippen molar-refractivity contribution in [2.24, 2.45) is 10.9 Å². The van der Waals surface area contributed by atoms with E-state index in [0.717, 1.165) is 63.6 Å². The Morgan fingerprint density at radius 3 is 2.68 bits per heavy atom. The number of ether oxygens (including phenoxy) is 1. The smallest absolute Gasteiger partial charge is 0.308 e. The van der Waals surface area contributed by atoms with Gasteiger partial charge in [0.25, 0.3) is 0 Å². The van der Waals surface area contributed by atoms with Gasteiger partial charge in [-0.2, -0.15) is 5.10 Å². The topological polar surface area (TPSA) is 71.8 Å². The Labute approximate surface area is 150 Å². The lowest BCUT2D eigenvalue weighted by Crippen LogP contribution is -2.46. The van der Waals surface area contributed by atoms with Crippen LogP contribution in [0.5, 0.6) is 0 Å². The quantitative estimate of drug-likeness (QED) is 0.367. The molecule has 0 saturated carbocycles. The molecule has 0 bridgehead atoms. The van der Waals surface area contributed by atoms with E-state index in [-0.39, 0.29) is 11.9 Å². The highest BCUT2D eigenvalue weighted by Crippen LogP contribution is 2.18. The number of hydrogen-bond acceptors (Lipinski definition) is 4. The van der Waals surface area contributed by atoms with Crippen LogP contribution >= 0.6 is 0 Å². The van der Waals surface area contributed by atoms with Crippen LogP contribution in [0.4, 0.5) is 0 Å². The molecule has 1 N–H and O–H groups in total. The second kappa shape index (κ2) is 9.44. The van der Waals surface area contributed by atoms with Crippen molar-refractivity contribution >= 4 is 11.9 Å². The molecule has 0 amide bonds. The molecular weight excluding hydrogens is 318 g/mol. The number of hydrogen-bond donors (Lipinski definition) is 1. The zero-order chi connectivity index (χ0) is 18.2. The van der Waals surface area contributed by atoms with Crippen molar-refractivity contribution in [2.45, 2.75) is 46.6 Å². The fourth-order valence-corrected chi connectivity index (χ4v) is 3.23. The number of nitrogens with one attached hydrogen (secondary N) is 1. The van der Waals surface area contributed by atoms with Crippen LogP contribution in [-0.4, -0.2) is 59.9 Å². The van der Waals surface area contributed by atoms with Crippen LogP contribution in [0.1, 0.15) is 37.6 Å². The van der Waals surface area contributed by atoms with Gasteiger partial charge in [-0.05, 0) is 46.1 Å². The van der Waals surface area contributed by atoms with Crippen molar-refractivity contribution < 1.29 is 9.53 Å². The van der Waals surface area contributed by atoms with Crippen molar-refractivity contribution in [2.75, 3.05) is 33.3 Å². The minimum Gasteiger partial charge on any atom is -0.469 e. The largest absolute Gasteiger partial charge is 0.469 e. The number of piperidine rings is 1. The molecule has 7 nitrogen and oxygen atoms in total. The molecule has 0 aliphatic carbocycles. The second-order valence-electron chi connectivity index (χ2n) is 6.52. The Balaban J connectivity index is 1.84. The molecular formula is C18H31N5O2. The van der Waals surface area contributed by atoms with Gasteiger partial charge in [-0.1, -0.05) is 0 Å². The molecule has 1 aromatic rings. The summed E-state index contributed by atoms with van der Waals surface area (Å²) in [5.41, 5.74) is 2.25. The molecule has 2 rings (SSSR count). The minimum atomic E-state index is -0.0912. The number of guanidine groups is 1. The SMILES string of the molecule is CCNC(=NCCCn1nc(C)cc1C)N1CCC(C(=O)OC)CC1. The van der Waals surface area contributed by atoms with E-state index < -0.39 is 0 Å². The minimum absolute atomic E-state index is 0.0233. The third-order valence-electron chi connectivity index (χ3n) is 4.56. The van der Waals surface area contributed by atoms with Gasteiger partial charge in [0.05, 0.1) is 18.7 Å². The molecule has 0 radical (unpaired) electrons. The van der Waals surface area contributed by atoms with Gasteiger partial charge in [0.2, 0.25) is 0 Å². The summed E-state index contributed by atoms with van der Waals surface area (Å²) in [5, 5.41) is 7.85. The summed E-state index contributed by atoms with van der Waals surface area (Å²) in [6.45, 7) is 10.3. The van der Waals surface area contributed by atoms with Crippen LogP contribution in [-0.2, 0) is 16.1 Å². The molecule has 2 heterocycles. The van der Waals surface area contributed by atoms with Crippen LogP contribution in [0.15, 0.2) is 11.1 Å². The van der Waals surface area contributed by atoms with E-state index in [9.17, 15) is 4.79 Å². The Morgan fingerprint density at radius 2 is 2.12 bits per heavy atom. The Bertz CT molecular complexity index is 588. The zero-order valence-corrected chi connectivity index (χ0v) is 15.9. The lowest BCUT2D eigenvalue weighted by atomic mass is 9.97. The van der Waals surface area contributed by atoms with E-state index in [4.69, 9.17) is 9.73 Å². The van der Waals surface area contributed by atoms with E-state index in [1.165, 1.54) is 12.8 Å². The van der Waals surface area contributed by atoms with Crippen LogP contribution in [0.2, 0.25) is 0 Å². The monoisotopic (exact) mass is 349 g/mol. The molecule has 0 atom stereocenters. The number of rotatable bonds is 6. The van der Waals surface area contributed by atoms with Crippen molar-refractivity contribution in [3.63, 3.8) is 0 Å². The predicted molar refractivity (Wildman–Crippen MR) is 98.6 cm³/mol. The number of esters is 1. The maximum atomic E-state index is 11.6. The number of carbonyl (C=O) groups is 1. The maximum Gasteiger partial charge on any atom is 0.308 e. The molecule has 7 heteroatoms. The first kappa shape index (κ1) is 19.3. The summed E-state index contributed by atoms with van der Waals surface area (Å²) in [6.07, 6.45) is 2.60. The van der Waals surface area contributed by atoms with Crippen molar-refractivity contribution in [1.29, 1.82) is 0 Å². The van der Waals surface area contributed by atoms with Crippen LogP contribution in [0.25, 0.3) is 0 Å². The highest BCUT2D eigenvalue weighted by molar-refractivity contribution is 5.80. The standard InChI is InChI=1S/C18H31N5O2/c1-5-19-18(22-11-7-16(8-12-22)17(24)25-4)20-9-6-10-23-15(3)13-14(2)21-23/h13,16H,5-12H2,1-4H3,(H,19,20). The van der Waals surface area contributed by atoms with Crippen LogP contribution in [0.3, 0.4) is 0 Å². The zero-order valence-electron chi connectivity index (χ0n) is 15.9. The molecule has 25 heavy (non-hydrogen) atoms. The number of likely N-dealkylation sites (tertiary alicyclic amines) is 1. The van der Waals surface area contributed by atoms with Gasteiger partial charge in [-0.15, -0.1) is 0 Å². The molecule has 1 aromatic heterocycles. The highest BCUT2D eigenvalue weighted by atomic mass is 16.5. The number of nitrogens with zero attached hydrogens (tertiary/aromatic N) is 4. The Morgan fingerprint density at radius 1 is 1.40 bits per heavy atom. The van der Waals surface area contributed by atoms with Gasteiger partial charge in [-0.3, -0.25) is 14.5 Å². The average Bonchev–Trinajstić information content (AvgIpc) is 2.94. The number of aliphatic imine (C=N–C) groups is 1. The maximum absolute atomic E-state index is 11.6. The first-order chi connectivity index (χ1) is 12.0. The number of aryl methyl sites for hydroxylation is 3. The summed E-state index contributed by atoms with van der Waals surface area (Å²) < 4.78 is 6.90. The third-order valence-corrected chi connectivity index (χ3v) is 4.56.